The highest BCUT2D eigenvalue weighted by molar-refractivity contribution is 5.85. The van der Waals surface area contributed by atoms with Gasteiger partial charge in [0.1, 0.15) is 0 Å². The fraction of sp³-hybridized carbons (Fsp3) is 0.938. The molecule has 2 aliphatic rings. The molecule has 0 radical (unpaired) electrons. The number of carbonyl (C=O) groups is 1. The predicted octanol–water partition coefficient (Wildman–Crippen LogP) is 1.84. The maximum atomic E-state index is 12.5. The van der Waals surface area contributed by atoms with E-state index in [1.54, 1.807) is 7.11 Å². The maximum Gasteiger partial charge on any atom is 0.228 e. The smallest absolute Gasteiger partial charge is 0.228 e. The van der Waals surface area contributed by atoms with E-state index in [2.05, 4.69) is 15.5 Å². The third-order valence-electron chi connectivity index (χ3n) is 4.85. The highest BCUT2D eigenvalue weighted by Crippen LogP contribution is 2.29. The number of methoxy groups -OCH3 is 1. The van der Waals surface area contributed by atoms with E-state index >= 15 is 0 Å². The van der Waals surface area contributed by atoms with E-state index < -0.39 is 0 Å². The van der Waals surface area contributed by atoms with Gasteiger partial charge in [0.05, 0.1) is 12.0 Å². The zero-order valence-corrected chi connectivity index (χ0v) is 15.9. The van der Waals surface area contributed by atoms with E-state index in [1.165, 1.54) is 32.4 Å². The largest absolute Gasteiger partial charge is 0.384 e. The Morgan fingerprint density at radius 1 is 1.17 bits per heavy atom. The molecule has 7 heteroatoms. The summed E-state index contributed by atoms with van der Waals surface area (Å²) in [6.07, 6.45) is 6.83. The van der Waals surface area contributed by atoms with Gasteiger partial charge in [-0.1, -0.05) is 6.42 Å². The zero-order chi connectivity index (χ0) is 15.0. The number of nitrogens with one attached hydrogen (secondary N) is 2. The second kappa shape index (κ2) is 12.3. The molecule has 138 valence electrons. The van der Waals surface area contributed by atoms with Crippen molar-refractivity contribution >= 4 is 30.7 Å². The molecular formula is C16H33Cl2N3O2. The molecule has 0 aliphatic carbocycles. The number of rotatable bonds is 7. The van der Waals surface area contributed by atoms with Gasteiger partial charge in [0.15, 0.2) is 0 Å². The van der Waals surface area contributed by atoms with Gasteiger partial charge in [0, 0.05) is 13.7 Å². The van der Waals surface area contributed by atoms with Crippen molar-refractivity contribution in [2.75, 3.05) is 53.0 Å². The first kappa shape index (κ1) is 22.9. The molecule has 23 heavy (non-hydrogen) atoms. The maximum absolute atomic E-state index is 12.5. The number of nitrogens with zero attached hydrogens (tertiary/aromatic N) is 1. The van der Waals surface area contributed by atoms with Crippen LogP contribution in [-0.2, 0) is 9.53 Å². The Morgan fingerprint density at radius 2 is 1.83 bits per heavy atom. The molecule has 2 rings (SSSR count). The van der Waals surface area contributed by atoms with Crippen LogP contribution in [0.25, 0.3) is 0 Å². The van der Waals surface area contributed by atoms with Crippen LogP contribution in [0.2, 0.25) is 0 Å². The molecule has 5 nitrogen and oxygen atoms in total. The van der Waals surface area contributed by atoms with Crippen LogP contribution in [0.4, 0.5) is 0 Å². The molecule has 1 amide bonds. The topological polar surface area (TPSA) is 53.6 Å². The van der Waals surface area contributed by atoms with Gasteiger partial charge < -0.3 is 20.3 Å². The third-order valence-corrected chi connectivity index (χ3v) is 4.85. The lowest BCUT2D eigenvalue weighted by Gasteiger charge is -2.35. The number of hydrogen-bond acceptors (Lipinski definition) is 4. The van der Waals surface area contributed by atoms with Gasteiger partial charge in [-0.25, -0.2) is 0 Å². The number of likely N-dealkylation sites (tertiary alicyclic amines) is 1. The number of amides is 1. The summed E-state index contributed by atoms with van der Waals surface area (Å²) in [7, 11) is 1.69. The van der Waals surface area contributed by atoms with Crippen LogP contribution in [0, 0.1) is 5.41 Å². The van der Waals surface area contributed by atoms with Gasteiger partial charge in [-0.3, -0.25) is 4.79 Å². The Balaban J connectivity index is 0.00000242. The fourth-order valence-electron chi connectivity index (χ4n) is 3.49. The van der Waals surface area contributed by atoms with E-state index in [0.29, 0.717) is 6.61 Å². The van der Waals surface area contributed by atoms with Crippen LogP contribution >= 0.6 is 24.8 Å². The Hall–Kier alpha value is -0.0700. The van der Waals surface area contributed by atoms with Gasteiger partial charge in [-0.2, -0.15) is 0 Å². The van der Waals surface area contributed by atoms with Gasteiger partial charge >= 0.3 is 0 Å². The van der Waals surface area contributed by atoms with Crippen LogP contribution in [0.3, 0.4) is 0 Å². The molecule has 0 aromatic rings. The SMILES string of the molecule is COCC1(C(=O)NCCCN2CCCCC2)CCNCC1.Cl.Cl. The molecule has 0 aromatic carbocycles. The Kier molecular flexibility index (Phi) is 12.3. The molecule has 2 aliphatic heterocycles. The number of hydrogen-bond donors (Lipinski definition) is 2. The molecule has 2 saturated heterocycles. The van der Waals surface area contributed by atoms with E-state index in [0.717, 1.165) is 45.4 Å². The van der Waals surface area contributed by atoms with Crippen LogP contribution in [0.15, 0.2) is 0 Å². The van der Waals surface area contributed by atoms with Crippen LogP contribution in [0.1, 0.15) is 38.5 Å². The summed E-state index contributed by atoms with van der Waals surface area (Å²) in [6.45, 7) is 6.70. The molecule has 0 atom stereocenters. The molecule has 0 spiro atoms. The third kappa shape index (κ3) is 7.14. The van der Waals surface area contributed by atoms with Crippen LogP contribution < -0.4 is 10.6 Å². The van der Waals surface area contributed by atoms with E-state index in [1.807, 2.05) is 0 Å². The standard InChI is InChI=1S/C16H31N3O2.2ClH/c1-21-14-16(6-9-17-10-7-16)15(20)18-8-5-13-19-11-3-2-4-12-19;;/h17H,2-14H2,1H3,(H,18,20);2*1H. The second-order valence-electron chi connectivity index (χ2n) is 6.48. The first-order valence-corrected chi connectivity index (χ1v) is 8.47. The monoisotopic (exact) mass is 369 g/mol. The lowest BCUT2D eigenvalue weighted by atomic mass is 9.78. The van der Waals surface area contributed by atoms with Crippen molar-refractivity contribution in [2.45, 2.75) is 38.5 Å². The average Bonchev–Trinajstić information content (AvgIpc) is 2.53. The molecule has 2 heterocycles. The van der Waals surface area contributed by atoms with Crippen LogP contribution in [-0.4, -0.2) is 63.8 Å². The van der Waals surface area contributed by atoms with Crippen molar-refractivity contribution in [3.05, 3.63) is 0 Å². The number of carbonyl (C=O) groups excluding carboxylic acids is 1. The predicted molar refractivity (Wildman–Crippen MR) is 98.8 cm³/mol. The summed E-state index contributed by atoms with van der Waals surface area (Å²) in [5.74, 6) is 0.185. The Labute approximate surface area is 153 Å². The number of halogens is 2. The second-order valence-corrected chi connectivity index (χ2v) is 6.48. The summed E-state index contributed by atoms with van der Waals surface area (Å²) >= 11 is 0. The summed E-state index contributed by atoms with van der Waals surface area (Å²) < 4.78 is 5.31. The van der Waals surface area contributed by atoms with Gasteiger partial charge in [0.2, 0.25) is 5.91 Å². The van der Waals surface area contributed by atoms with Crippen molar-refractivity contribution in [3.8, 4) is 0 Å². The summed E-state index contributed by atoms with van der Waals surface area (Å²) in [5.41, 5.74) is -0.314. The van der Waals surface area contributed by atoms with Gasteiger partial charge in [-0.05, 0) is 64.8 Å². The minimum Gasteiger partial charge on any atom is -0.384 e. The quantitative estimate of drug-likeness (QED) is 0.672. The van der Waals surface area contributed by atoms with Crippen molar-refractivity contribution in [2.24, 2.45) is 5.41 Å². The summed E-state index contributed by atoms with van der Waals surface area (Å²) in [6, 6.07) is 0. The van der Waals surface area contributed by atoms with E-state index in [-0.39, 0.29) is 36.1 Å². The van der Waals surface area contributed by atoms with Crippen LogP contribution in [0.5, 0.6) is 0 Å². The highest BCUT2D eigenvalue weighted by Gasteiger charge is 2.39. The average molecular weight is 370 g/mol. The molecular weight excluding hydrogens is 337 g/mol. The zero-order valence-electron chi connectivity index (χ0n) is 14.3. The van der Waals surface area contributed by atoms with Gasteiger partial charge in [0.25, 0.3) is 0 Å². The molecule has 0 saturated carbocycles. The minimum atomic E-state index is -0.314. The fourth-order valence-corrected chi connectivity index (χ4v) is 3.49. The number of piperidine rings is 2. The van der Waals surface area contributed by atoms with Crippen molar-refractivity contribution in [3.63, 3.8) is 0 Å². The molecule has 0 bridgehead atoms. The van der Waals surface area contributed by atoms with Gasteiger partial charge in [-0.15, -0.1) is 24.8 Å². The normalized spacial score (nSPS) is 20.9. The summed E-state index contributed by atoms with van der Waals surface area (Å²) in [4.78, 5) is 15.0. The lowest BCUT2D eigenvalue weighted by Crippen LogP contribution is -2.50. The Morgan fingerprint density at radius 3 is 2.43 bits per heavy atom. The highest BCUT2D eigenvalue weighted by atomic mass is 35.5. The molecule has 2 fully saturated rings. The molecule has 2 N–H and O–H groups in total. The van der Waals surface area contributed by atoms with E-state index in [4.69, 9.17) is 4.74 Å². The van der Waals surface area contributed by atoms with E-state index in [9.17, 15) is 4.79 Å². The molecule has 0 unspecified atom stereocenters. The van der Waals surface area contributed by atoms with Crippen molar-refractivity contribution in [1.29, 1.82) is 0 Å². The van der Waals surface area contributed by atoms with Crippen molar-refractivity contribution in [1.82, 2.24) is 15.5 Å². The lowest BCUT2D eigenvalue weighted by molar-refractivity contribution is -0.136. The Bertz CT molecular complexity index is 315. The van der Waals surface area contributed by atoms with Crippen molar-refractivity contribution < 1.29 is 9.53 Å². The molecule has 0 aromatic heterocycles. The minimum absolute atomic E-state index is 0. The number of ether oxygens (including phenoxy) is 1. The summed E-state index contributed by atoms with van der Waals surface area (Å²) in [5, 5.41) is 6.47. The first-order chi connectivity index (χ1) is 10.3. The first-order valence-electron chi connectivity index (χ1n) is 8.47.